The zero-order valence-corrected chi connectivity index (χ0v) is 13.2. The smallest absolute Gasteiger partial charge is 0.256 e. The number of amides is 1. The van der Waals surface area contributed by atoms with Gasteiger partial charge in [-0.15, -0.1) is 0 Å². The van der Waals surface area contributed by atoms with Crippen molar-refractivity contribution in [1.29, 1.82) is 0 Å². The molecule has 0 atom stereocenters. The summed E-state index contributed by atoms with van der Waals surface area (Å²) in [6.07, 6.45) is 0. The van der Waals surface area contributed by atoms with Crippen molar-refractivity contribution in [3.8, 4) is 5.75 Å². The van der Waals surface area contributed by atoms with Crippen LogP contribution >= 0.6 is 0 Å². The molecule has 0 heterocycles. The Bertz CT molecular complexity index is 851. The molecule has 116 valence electrons. The van der Waals surface area contributed by atoms with Gasteiger partial charge in [0.25, 0.3) is 5.91 Å². The van der Waals surface area contributed by atoms with Crippen molar-refractivity contribution < 1.29 is 9.90 Å². The maximum Gasteiger partial charge on any atom is 0.256 e. The maximum absolute atomic E-state index is 12.6. The average Bonchev–Trinajstić information content (AvgIpc) is 2.54. The molecule has 0 fully saturated rings. The van der Waals surface area contributed by atoms with E-state index in [9.17, 15) is 9.90 Å². The summed E-state index contributed by atoms with van der Waals surface area (Å²) in [4.78, 5) is 12.6. The molecule has 0 aliphatic rings. The minimum atomic E-state index is -0.154. The molecule has 3 rings (SSSR count). The lowest BCUT2D eigenvalue weighted by molar-refractivity contribution is 0.102. The van der Waals surface area contributed by atoms with Gasteiger partial charge in [-0.2, -0.15) is 0 Å². The molecule has 0 saturated carbocycles. The summed E-state index contributed by atoms with van der Waals surface area (Å²) in [5.41, 5.74) is 2.61. The van der Waals surface area contributed by atoms with E-state index in [0.29, 0.717) is 11.5 Å². The summed E-state index contributed by atoms with van der Waals surface area (Å²) >= 11 is 0. The average molecular weight is 305 g/mol. The first-order valence-electron chi connectivity index (χ1n) is 7.67. The molecular formula is C20H19NO2. The van der Waals surface area contributed by atoms with Crippen LogP contribution in [-0.4, -0.2) is 11.0 Å². The zero-order chi connectivity index (χ0) is 16.4. The first kappa shape index (κ1) is 15.1. The molecule has 0 saturated heterocycles. The van der Waals surface area contributed by atoms with E-state index >= 15 is 0 Å². The molecule has 23 heavy (non-hydrogen) atoms. The van der Waals surface area contributed by atoms with Crippen LogP contribution in [0.25, 0.3) is 10.8 Å². The highest BCUT2D eigenvalue weighted by Crippen LogP contribution is 2.24. The van der Waals surface area contributed by atoms with Crippen molar-refractivity contribution >= 4 is 22.4 Å². The number of fused-ring (bicyclic) bond motifs is 1. The molecule has 1 amide bonds. The topological polar surface area (TPSA) is 49.3 Å². The van der Waals surface area contributed by atoms with E-state index in [-0.39, 0.29) is 11.7 Å². The lowest BCUT2D eigenvalue weighted by Gasteiger charge is -2.10. The van der Waals surface area contributed by atoms with E-state index in [4.69, 9.17) is 0 Å². The van der Waals surface area contributed by atoms with Gasteiger partial charge in [0.2, 0.25) is 0 Å². The minimum Gasteiger partial charge on any atom is -0.508 e. The van der Waals surface area contributed by atoms with Gasteiger partial charge in [0.05, 0.1) is 0 Å². The van der Waals surface area contributed by atoms with Crippen LogP contribution in [-0.2, 0) is 0 Å². The van der Waals surface area contributed by atoms with E-state index in [1.807, 2.05) is 36.4 Å². The number of hydrogen-bond acceptors (Lipinski definition) is 2. The first-order chi connectivity index (χ1) is 11.0. The van der Waals surface area contributed by atoms with Gasteiger partial charge in [0.15, 0.2) is 0 Å². The number of hydrogen-bond donors (Lipinski definition) is 2. The minimum absolute atomic E-state index is 0.154. The Kier molecular flexibility index (Phi) is 4.02. The number of anilines is 1. The van der Waals surface area contributed by atoms with Crippen LogP contribution in [0.4, 0.5) is 5.69 Å². The molecule has 0 bridgehead atoms. The Morgan fingerprint density at radius 2 is 1.74 bits per heavy atom. The van der Waals surface area contributed by atoms with Gasteiger partial charge in [0, 0.05) is 11.3 Å². The molecule has 0 aliphatic heterocycles. The van der Waals surface area contributed by atoms with Crippen molar-refractivity contribution in [3.05, 3.63) is 71.8 Å². The van der Waals surface area contributed by atoms with Gasteiger partial charge >= 0.3 is 0 Å². The highest BCUT2D eigenvalue weighted by molar-refractivity contribution is 6.13. The summed E-state index contributed by atoms with van der Waals surface area (Å²) in [7, 11) is 0. The molecule has 0 aliphatic carbocycles. The van der Waals surface area contributed by atoms with Crippen LogP contribution in [0.1, 0.15) is 35.7 Å². The highest BCUT2D eigenvalue weighted by Gasteiger charge is 2.10. The Morgan fingerprint density at radius 3 is 2.43 bits per heavy atom. The SMILES string of the molecule is CC(C)c1ccc(NC(=O)c2cccc3cc(O)ccc23)cc1. The van der Waals surface area contributed by atoms with Crippen LogP contribution in [0, 0.1) is 0 Å². The third-order valence-corrected chi connectivity index (χ3v) is 3.94. The molecule has 0 spiro atoms. The van der Waals surface area contributed by atoms with Gasteiger partial charge in [0.1, 0.15) is 5.75 Å². The monoisotopic (exact) mass is 305 g/mol. The number of aromatic hydroxyl groups is 1. The predicted molar refractivity (Wildman–Crippen MR) is 94.1 cm³/mol. The number of phenolic OH excluding ortho intramolecular Hbond substituents is 1. The normalized spacial score (nSPS) is 10.9. The number of rotatable bonds is 3. The van der Waals surface area contributed by atoms with Crippen LogP contribution in [0.3, 0.4) is 0 Å². The number of benzene rings is 3. The van der Waals surface area contributed by atoms with Crippen molar-refractivity contribution in [2.24, 2.45) is 0 Å². The van der Waals surface area contributed by atoms with Gasteiger partial charge in [-0.25, -0.2) is 0 Å². The van der Waals surface area contributed by atoms with Crippen LogP contribution in [0.5, 0.6) is 5.75 Å². The summed E-state index contributed by atoms with van der Waals surface area (Å²) < 4.78 is 0. The van der Waals surface area contributed by atoms with Crippen LogP contribution in [0.15, 0.2) is 60.7 Å². The Hall–Kier alpha value is -2.81. The number of phenols is 1. The molecule has 0 unspecified atom stereocenters. The zero-order valence-electron chi connectivity index (χ0n) is 13.2. The Balaban J connectivity index is 1.89. The second-order valence-corrected chi connectivity index (χ2v) is 5.94. The molecule has 0 radical (unpaired) electrons. The molecular weight excluding hydrogens is 286 g/mol. The molecule has 0 aromatic heterocycles. The van der Waals surface area contributed by atoms with E-state index in [1.54, 1.807) is 24.3 Å². The second kappa shape index (κ2) is 6.13. The van der Waals surface area contributed by atoms with Crippen molar-refractivity contribution in [1.82, 2.24) is 0 Å². The van der Waals surface area contributed by atoms with Gasteiger partial charge in [-0.05, 0) is 58.7 Å². The summed E-state index contributed by atoms with van der Waals surface area (Å²) in [6, 6.07) is 18.4. The maximum atomic E-state index is 12.6. The quantitative estimate of drug-likeness (QED) is 0.721. The van der Waals surface area contributed by atoms with E-state index in [1.165, 1.54) is 5.56 Å². The van der Waals surface area contributed by atoms with E-state index in [2.05, 4.69) is 19.2 Å². The van der Waals surface area contributed by atoms with Crippen molar-refractivity contribution in [2.75, 3.05) is 5.32 Å². The van der Waals surface area contributed by atoms with Crippen molar-refractivity contribution in [2.45, 2.75) is 19.8 Å². The van der Waals surface area contributed by atoms with Crippen LogP contribution in [0.2, 0.25) is 0 Å². The third-order valence-electron chi connectivity index (χ3n) is 3.94. The molecule has 3 nitrogen and oxygen atoms in total. The third kappa shape index (κ3) is 3.19. The number of carbonyl (C=O) groups is 1. The molecule has 2 N–H and O–H groups in total. The highest BCUT2D eigenvalue weighted by atomic mass is 16.3. The number of nitrogens with one attached hydrogen (secondary N) is 1. The second-order valence-electron chi connectivity index (χ2n) is 5.94. The molecule has 3 heteroatoms. The molecule has 3 aromatic carbocycles. The first-order valence-corrected chi connectivity index (χ1v) is 7.67. The largest absolute Gasteiger partial charge is 0.508 e. The summed E-state index contributed by atoms with van der Waals surface area (Å²) in [6.45, 7) is 4.28. The van der Waals surface area contributed by atoms with Crippen LogP contribution < -0.4 is 5.32 Å². The fraction of sp³-hybridized carbons (Fsp3) is 0.150. The van der Waals surface area contributed by atoms with Gasteiger partial charge < -0.3 is 10.4 Å². The summed E-state index contributed by atoms with van der Waals surface area (Å²) in [5, 5.41) is 14.2. The lowest BCUT2D eigenvalue weighted by atomic mass is 10.0. The molecule has 3 aromatic rings. The standard InChI is InChI=1S/C20H19NO2/c1-13(2)14-6-8-16(9-7-14)21-20(23)19-5-3-4-15-12-17(22)10-11-18(15)19/h3-13,22H,1-2H3,(H,21,23). The Morgan fingerprint density at radius 1 is 1.00 bits per heavy atom. The van der Waals surface area contributed by atoms with Gasteiger partial charge in [-0.1, -0.05) is 38.1 Å². The van der Waals surface area contributed by atoms with E-state index < -0.39 is 0 Å². The van der Waals surface area contributed by atoms with Crippen molar-refractivity contribution in [3.63, 3.8) is 0 Å². The van der Waals surface area contributed by atoms with E-state index in [0.717, 1.165) is 16.5 Å². The lowest BCUT2D eigenvalue weighted by Crippen LogP contribution is -2.12. The summed E-state index contributed by atoms with van der Waals surface area (Å²) in [5.74, 6) is 0.503. The number of carbonyl (C=O) groups excluding carboxylic acids is 1. The fourth-order valence-electron chi connectivity index (χ4n) is 2.62. The predicted octanol–water partition coefficient (Wildman–Crippen LogP) is 4.92. The van der Waals surface area contributed by atoms with Gasteiger partial charge in [-0.3, -0.25) is 4.79 Å². The fourth-order valence-corrected chi connectivity index (χ4v) is 2.62. The Labute approximate surface area is 135 Å².